The van der Waals surface area contributed by atoms with E-state index in [1.165, 1.54) is 31.2 Å². The molecule has 0 saturated heterocycles. The third kappa shape index (κ3) is 3.66. The number of sulfonamides is 1. The molecule has 0 saturated carbocycles. The van der Waals surface area contributed by atoms with Gasteiger partial charge in [-0.1, -0.05) is 35.9 Å². The molecule has 21 heavy (non-hydrogen) atoms. The Morgan fingerprint density at radius 3 is 2.33 bits per heavy atom. The number of hydrogen-bond donors (Lipinski definition) is 1. The van der Waals surface area contributed by atoms with Crippen LogP contribution >= 0.6 is 0 Å². The maximum atomic E-state index is 13.6. The molecule has 4 nitrogen and oxygen atoms in total. The first-order chi connectivity index (χ1) is 9.90. The Morgan fingerprint density at radius 2 is 1.71 bits per heavy atom. The Balaban J connectivity index is 2.23. The van der Waals surface area contributed by atoms with E-state index in [1.54, 1.807) is 24.3 Å². The number of hydrazone groups is 1. The number of nitrogens with one attached hydrogen (secondary N) is 1. The Bertz CT molecular complexity index is 769. The molecule has 0 radical (unpaired) electrons. The van der Waals surface area contributed by atoms with Gasteiger partial charge < -0.3 is 0 Å². The quantitative estimate of drug-likeness (QED) is 0.697. The van der Waals surface area contributed by atoms with E-state index in [1.807, 2.05) is 6.92 Å². The van der Waals surface area contributed by atoms with E-state index in [9.17, 15) is 12.8 Å². The van der Waals surface area contributed by atoms with E-state index in [0.717, 1.165) is 5.56 Å². The smallest absolute Gasteiger partial charge is 0.206 e. The Kier molecular flexibility index (Phi) is 4.37. The predicted molar refractivity (Wildman–Crippen MR) is 80.1 cm³/mol. The number of aryl methyl sites for hydroxylation is 1. The van der Waals surface area contributed by atoms with Gasteiger partial charge in [0.1, 0.15) is 5.82 Å². The van der Waals surface area contributed by atoms with Gasteiger partial charge in [0.15, 0.2) is 0 Å². The summed E-state index contributed by atoms with van der Waals surface area (Å²) in [5, 5.41) is 3.76. The summed E-state index contributed by atoms with van der Waals surface area (Å²) in [5.74, 6) is -0.451. The second-order valence-electron chi connectivity index (χ2n) is 4.58. The van der Waals surface area contributed by atoms with Crippen molar-refractivity contribution in [3.8, 4) is 0 Å². The van der Waals surface area contributed by atoms with Crippen molar-refractivity contribution in [3.63, 3.8) is 0 Å². The Labute approximate surface area is 123 Å². The molecule has 0 unspecified atom stereocenters. The SMILES string of the molecule is CC(=NNS(=O)(=O)c1ccc(C)cc1)c1ccccc1F. The van der Waals surface area contributed by atoms with E-state index in [0.29, 0.717) is 0 Å². The molecular weight excluding hydrogens is 291 g/mol. The van der Waals surface area contributed by atoms with Crippen molar-refractivity contribution >= 4 is 15.7 Å². The summed E-state index contributed by atoms with van der Waals surface area (Å²) >= 11 is 0. The minimum Gasteiger partial charge on any atom is -0.206 e. The van der Waals surface area contributed by atoms with E-state index in [4.69, 9.17) is 0 Å². The van der Waals surface area contributed by atoms with Crippen LogP contribution in [0.4, 0.5) is 4.39 Å². The second kappa shape index (κ2) is 6.05. The van der Waals surface area contributed by atoms with Crippen LogP contribution in [0.3, 0.4) is 0 Å². The van der Waals surface area contributed by atoms with Crippen LogP contribution in [-0.2, 0) is 10.0 Å². The molecule has 110 valence electrons. The van der Waals surface area contributed by atoms with Crippen molar-refractivity contribution in [3.05, 3.63) is 65.5 Å². The average Bonchev–Trinajstić information content (AvgIpc) is 2.46. The fourth-order valence-electron chi connectivity index (χ4n) is 1.71. The summed E-state index contributed by atoms with van der Waals surface area (Å²) in [7, 11) is -3.75. The average molecular weight is 306 g/mol. The summed E-state index contributed by atoms with van der Waals surface area (Å²) in [5.41, 5.74) is 1.47. The monoisotopic (exact) mass is 306 g/mol. The molecule has 2 aromatic rings. The number of rotatable bonds is 4. The largest absolute Gasteiger partial charge is 0.276 e. The van der Waals surface area contributed by atoms with Crippen molar-refractivity contribution < 1.29 is 12.8 Å². The topological polar surface area (TPSA) is 58.5 Å². The van der Waals surface area contributed by atoms with Crippen LogP contribution in [0, 0.1) is 12.7 Å². The van der Waals surface area contributed by atoms with Crippen LogP contribution in [0.1, 0.15) is 18.1 Å². The van der Waals surface area contributed by atoms with E-state index in [2.05, 4.69) is 9.93 Å². The number of hydrogen-bond acceptors (Lipinski definition) is 3. The molecule has 0 heterocycles. The molecule has 0 amide bonds. The highest BCUT2D eigenvalue weighted by atomic mass is 32.2. The number of nitrogens with zero attached hydrogens (tertiary/aromatic N) is 1. The zero-order valence-electron chi connectivity index (χ0n) is 11.7. The highest BCUT2D eigenvalue weighted by Gasteiger charge is 2.13. The molecule has 2 rings (SSSR count). The minimum absolute atomic E-state index is 0.109. The lowest BCUT2D eigenvalue weighted by molar-refractivity contribution is 0.584. The van der Waals surface area contributed by atoms with Gasteiger partial charge in [-0.25, -0.2) is 4.39 Å². The van der Waals surface area contributed by atoms with Crippen LogP contribution in [-0.4, -0.2) is 14.1 Å². The molecule has 0 atom stereocenters. The van der Waals surface area contributed by atoms with Gasteiger partial charge in [-0.05, 0) is 32.0 Å². The molecule has 2 aromatic carbocycles. The van der Waals surface area contributed by atoms with Crippen LogP contribution < -0.4 is 4.83 Å². The van der Waals surface area contributed by atoms with Gasteiger partial charge in [0.2, 0.25) is 0 Å². The molecular formula is C15H15FN2O2S. The van der Waals surface area contributed by atoms with Gasteiger partial charge in [0.05, 0.1) is 10.6 Å². The molecule has 0 fully saturated rings. The highest BCUT2D eigenvalue weighted by molar-refractivity contribution is 7.89. The lowest BCUT2D eigenvalue weighted by atomic mass is 10.1. The van der Waals surface area contributed by atoms with E-state index in [-0.39, 0.29) is 16.2 Å². The highest BCUT2D eigenvalue weighted by Crippen LogP contribution is 2.11. The zero-order valence-corrected chi connectivity index (χ0v) is 12.5. The molecule has 1 N–H and O–H groups in total. The summed E-state index contributed by atoms with van der Waals surface area (Å²) in [4.78, 5) is 2.22. The molecule has 0 aliphatic heterocycles. The van der Waals surface area contributed by atoms with Gasteiger partial charge in [0.25, 0.3) is 10.0 Å². The molecule has 0 aliphatic carbocycles. The number of benzene rings is 2. The third-order valence-electron chi connectivity index (χ3n) is 2.93. The summed E-state index contributed by atoms with van der Waals surface area (Å²) in [6.07, 6.45) is 0. The van der Waals surface area contributed by atoms with Gasteiger partial charge in [-0.2, -0.15) is 18.4 Å². The fourth-order valence-corrected chi connectivity index (χ4v) is 2.57. The first-order valence-electron chi connectivity index (χ1n) is 6.28. The van der Waals surface area contributed by atoms with Gasteiger partial charge in [0, 0.05) is 5.56 Å². The summed E-state index contributed by atoms with van der Waals surface area (Å²) in [6, 6.07) is 12.4. The maximum Gasteiger partial charge on any atom is 0.276 e. The molecule has 6 heteroatoms. The molecule has 0 aromatic heterocycles. The first kappa shape index (κ1) is 15.2. The van der Waals surface area contributed by atoms with Crippen molar-refractivity contribution in [2.24, 2.45) is 5.10 Å². The summed E-state index contributed by atoms with van der Waals surface area (Å²) < 4.78 is 37.7. The Hall–Kier alpha value is -2.21. The van der Waals surface area contributed by atoms with Gasteiger partial charge >= 0.3 is 0 Å². The molecule has 0 spiro atoms. The fraction of sp³-hybridized carbons (Fsp3) is 0.133. The van der Waals surface area contributed by atoms with Crippen LogP contribution in [0.15, 0.2) is 58.5 Å². The van der Waals surface area contributed by atoms with E-state index >= 15 is 0 Å². The van der Waals surface area contributed by atoms with E-state index < -0.39 is 15.8 Å². The third-order valence-corrected chi connectivity index (χ3v) is 4.15. The summed E-state index contributed by atoms with van der Waals surface area (Å²) in [6.45, 7) is 3.40. The van der Waals surface area contributed by atoms with Crippen LogP contribution in [0.5, 0.6) is 0 Å². The van der Waals surface area contributed by atoms with Crippen molar-refractivity contribution in [1.82, 2.24) is 4.83 Å². The minimum atomic E-state index is -3.75. The van der Waals surface area contributed by atoms with Crippen LogP contribution in [0.25, 0.3) is 0 Å². The Morgan fingerprint density at radius 1 is 1.10 bits per heavy atom. The predicted octanol–water partition coefficient (Wildman–Crippen LogP) is 2.84. The van der Waals surface area contributed by atoms with Gasteiger partial charge in [-0.3, -0.25) is 0 Å². The molecule has 0 aliphatic rings. The lowest BCUT2D eigenvalue weighted by Gasteiger charge is -2.06. The maximum absolute atomic E-state index is 13.6. The normalized spacial score (nSPS) is 12.2. The van der Waals surface area contributed by atoms with Crippen LogP contribution in [0.2, 0.25) is 0 Å². The first-order valence-corrected chi connectivity index (χ1v) is 7.76. The van der Waals surface area contributed by atoms with Crippen molar-refractivity contribution in [2.45, 2.75) is 18.7 Å². The second-order valence-corrected chi connectivity index (χ2v) is 6.25. The standard InChI is InChI=1S/C15H15FN2O2S/c1-11-7-9-13(10-8-11)21(19,20)18-17-12(2)14-5-3-4-6-15(14)16/h3-10,18H,1-2H3. The molecule has 0 bridgehead atoms. The zero-order chi connectivity index (χ0) is 15.5. The van der Waals surface area contributed by atoms with Crippen molar-refractivity contribution in [1.29, 1.82) is 0 Å². The lowest BCUT2D eigenvalue weighted by Crippen LogP contribution is -2.20. The van der Waals surface area contributed by atoms with Gasteiger partial charge in [-0.15, -0.1) is 0 Å². The number of halogens is 1. The van der Waals surface area contributed by atoms with Crippen molar-refractivity contribution in [2.75, 3.05) is 0 Å².